The van der Waals surface area contributed by atoms with Crippen LogP contribution < -0.4 is 0 Å². The van der Waals surface area contributed by atoms with E-state index in [4.69, 9.17) is 14.2 Å². The van der Waals surface area contributed by atoms with Crippen molar-refractivity contribution in [3.8, 4) is 0 Å². The Hall–Kier alpha value is -0.163. The van der Waals surface area contributed by atoms with E-state index >= 15 is 0 Å². The second-order valence-corrected chi connectivity index (χ2v) is 7.81. The fraction of sp³-hybridized carbons (Fsp3) is 0.867. The van der Waals surface area contributed by atoms with E-state index in [0.29, 0.717) is 13.2 Å². The molecule has 0 amide bonds. The lowest BCUT2D eigenvalue weighted by Crippen LogP contribution is -2.57. The highest BCUT2D eigenvalue weighted by atomic mass is 28.3. The summed E-state index contributed by atoms with van der Waals surface area (Å²) in [5.41, 5.74) is 1.44. The highest BCUT2D eigenvalue weighted by Crippen LogP contribution is 2.26. The monoisotopic (exact) mass is 288 g/mol. The molecular weight excluding hydrogens is 256 g/mol. The fourth-order valence-corrected chi connectivity index (χ4v) is 3.93. The van der Waals surface area contributed by atoms with Crippen LogP contribution in [0, 0.1) is 0 Å². The SMILES string of the molecule is C=C[SiH](C)C(OCCC)(OCCC)C(C)OCCC. The maximum absolute atomic E-state index is 6.14. The summed E-state index contributed by atoms with van der Waals surface area (Å²) < 4.78 is 18.2. The van der Waals surface area contributed by atoms with Gasteiger partial charge in [-0.25, -0.2) is 0 Å². The third-order valence-electron chi connectivity index (χ3n) is 3.19. The minimum absolute atomic E-state index is 0.0507. The van der Waals surface area contributed by atoms with Crippen molar-refractivity contribution in [3.05, 3.63) is 12.3 Å². The molecule has 0 bridgehead atoms. The van der Waals surface area contributed by atoms with Crippen LogP contribution >= 0.6 is 0 Å². The Morgan fingerprint density at radius 2 is 1.53 bits per heavy atom. The topological polar surface area (TPSA) is 27.7 Å². The van der Waals surface area contributed by atoms with E-state index in [1.165, 1.54) is 0 Å². The smallest absolute Gasteiger partial charge is 0.176 e. The molecule has 0 aliphatic rings. The van der Waals surface area contributed by atoms with Crippen LogP contribution in [0.4, 0.5) is 0 Å². The zero-order valence-electron chi connectivity index (χ0n) is 13.4. The van der Waals surface area contributed by atoms with Gasteiger partial charge in [-0.05, 0) is 26.2 Å². The second kappa shape index (κ2) is 10.6. The summed E-state index contributed by atoms with van der Waals surface area (Å²) >= 11 is 0. The van der Waals surface area contributed by atoms with Crippen molar-refractivity contribution in [1.29, 1.82) is 0 Å². The predicted molar refractivity (Wildman–Crippen MR) is 84.1 cm³/mol. The van der Waals surface area contributed by atoms with Crippen LogP contribution in [-0.2, 0) is 14.2 Å². The lowest BCUT2D eigenvalue weighted by atomic mass is 10.3. The van der Waals surface area contributed by atoms with Gasteiger partial charge in [0.1, 0.15) is 14.9 Å². The molecule has 0 heterocycles. The largest absolute Gasteiger partial charge is 0.373 e. The van der Waals surface area contributed by atoms with Crippen molar-refractivity contribution in [1.82, 2.24) is 0 Å². The summed E-state index contributed by atoms with van der Waals surface area (Å²) in [5.74, 6) is 0. The van der Waals surface area contributed by atoms with Gasteiger partial charge >= 0.3 is 0 Å². The van der Waals surface area contributed by atoms with Crippen LogP contribution in [-0.4, -0.2) is 40.1 Å². The van der Waals surface area contributed by atoms with Crippen molar-refractivity contribution >= 4 is 8.80 Å². The van der Waals surface area contributed by atoms with E-state index in [0.717, 1.165) is 25.9 Å². The van der Waals surface area contributed by atoms with E-state index in [1.54, 1.807) is 0 Å². The van der Waals surface area contributed by atoms with Gasteiger partial charge in [0.2, 0.25) is 0 Å². The van der Waals surface area contributed by atoms with Crippen molar-refractivity contribution in [2.75, 3.05) is 19.8 Å². The maximum atomic E-state index is 6.14. The average Bonchev–Trinajstić information content (AvgIpc) is 2.44. The molecule has 0 rings (SSSR count). The van der Waals surface area contributed by atoms with Crippen LogP contribution in [0.2, 0.25) is 6.55 Å². The predicted octanol–water partition coefficient (Wildman–Crippen LogP) is 3.47. The number of hydrogen-bond acceptors (Lipinski definition) is 3. The minimum Gasteiger partial charge on any atom is -0.373 e. The quantitative estimate of drug-likeness (QED) is 0.406. The molecule has 3 nitrogen and oxygen atoms in total. The first kappa shape index (κ1) is 18.8. The summed E-state index contributed by atoms with van der Waals surface area (Å²) in [6.07, 6.45) is 2.92. The molecule has 0 spiro atoms. The normalized spacial score (nSPS) is 15.2. The summed E-state index contributed by atoms with van der Waals surface area (Å²) in [4.78, 5) is 0. The first-order valence-electron chi connectivity index (χ1n) is 7.60. The Kier molecular flexibility index (Phi) is 10.5. The Bertz CT molecular complexity index is 225. The molecule has 0 fully saturated rings. The van der Waals surface area contributed by atoms with E-state index in [2.05, 4.69) is 40.8 Å². The Morgan fingerprint density at radius 3 is 1.89 bits per heavy atom. The van der Waals surface area contributed by atoms with Crippen LogP contribution in [0.3, 0.4) is 0 Å². The fourth-order valence-electron chi connectivity index (χ4n) is 2.01. The Balaban J connectivity index is 5.01. The molecule has 0 aliphatic carbocycles. The van der Waals surface area contributed by atoms with Gasteiger partial charge < -0.3 is 14.2 Å². The van der Waals surface area contributed by atoms with E-state index in [1.807, 2.05) is 5.70 Å². The van der Waals surface area contributed by atoms with Crippen LogP contribution in [0.25, 0.3) is 0 Å². The standard InChI is InChI=1S/C15H32O3Si/c1-7-11-16-14(5)15(17-12-8-2,18-13-9-3)19(6)10-4/h10,14,19H,4,7-9,11-13H2,1-3,5-6H3. The number of ether oxygens (including phenoxy) is 3. The van der Waals surface area contributed by atoms with Gasteiger partial charge in [0.15, 0.2) is 5.41 Å². The summed E-state index contributed by atoms with van der Waals surface area (Å²) in [7, 11) is -1.40. The molecule has 2 unspecified atom stereocenters. The highest BCUT2D eigenvalue weighted by molar-refractivity contribution is 6.65. The van der Waals surface area contributed by atoms with Crippen molar-refractivity contribution < 1.29 is 14.2 Å². The molecule has 0 radical (unpaired) electrons. The zero-order chi connectivity index (χ0) is 14.7. The molecule has 0 aromatic rings. The first-order valence-corrected chi connectivity index (χ1v) is 10.0. The van der Waals surface area contributed by atoms with Crippen LogP contribution in [0.1, 0.15) is 47.0 Å². The van der Waals surface area contributed by atoms with Gasteiger partial charge in [-0.1, -0.05) is 33.0 Å². The maximum Gasteiger partial charge on any atom is 0.176 e. The zero-order valence-corrected chi connectivity index (χ0v) is 14.6. The third-order valence-corrected chi connectivity index (χ3v) is 5.97. The molecule has 2 atom stereocenters. The molecule has 0 aromatic carbocycles. The average molecular weight is 289 g/mol. The molecule has 0 saturated heterocycles. The third kappa shape index (κ3) is 5.77. The van der Waals surface area contributed by atoms with E-state index < -0.39 is 14.2 Å². The molecular formula is C15H32O3Si. The molecule has 4 heteroatoms. The van der Waals surface area contributed by atoms with E-state index in [-0.39, 0.29) is 6.10 Å². The van der Waals surface area contributed by atoms with Gasteiger partial charge in [-0.2, -0.15) is 0 Å². The van der Waals surface area contributed by atoms with Gasteiger partial charge in [0.05, 0.1) is 0 Å². The first-order chi connectivity index (χ1) is 9.08. The van der Waals surface area contributed by atoms with Gasteiger partial charge in [0.25, 0.3) is 0 Å². The van der Waals surface area contributed by atoms with Gasteiger partial charge in [-0.15, -0.1) is 6.58 Å². The van der Waals surface area contributed by atoms with Crippen molar-refractivity contribution in [3.63, 3.8) is 0 Å². The molecule has 0 aliphatic heterocycles. The lowest BCUT2D eigenvalue weighted by Gasteiger charge is -2.41. The molecule has 0 N–H and O–H groups in total. The van der Waals surface area contributed by atoms with Crippen molar-refractivity contribution in [2.45, 2.75) is 65.0 Å². The lowest BCUT2D eigenvalue weighted by molar-refractivity contribution is -0.239. The Morgan fingerprint density at radius 1 is 1.05 bits per heavy atom. The summed E-state index contributed by atoms with van der Waals surface area (Å²) in [6.45, 7) is 16.7. The Labute approximate surface area is 120 Å². The molecule has 19 heavy (non-hydrogen) atoms. The molecule has 0 saturated carbocycles. The molecule has 0 aromatic heterocycles. The summed E-state index contributed by atoms with van der Waals surface area (Å²) in [5, 5.41) is 0. The van der Waals surface area contributed by atoms with Crippen molar-refractivity contribution in [2.24, 2.45) is 0 Å². The van der Waals surface area contributed by atoms with Crippen LogP contribution in [0.15, 0.2) is 12.3 Å². The van der Waals surface area contributed by atoms with Crippen LogP contribution in [0.5, 0.6) is 0 Å². The number of hydrogen-bond donors (Lipinski definition) is 0. The molecule has 114 valence electrons. The second-order valence-electron chi connectivity index (χ2n) is 4.96. The highest BCUT2D eigenvalue weighted by Gasteiger charge is 2.43. The van der Waals surface area contributed by atoms with E-state index in [9.17, 15) is 0 Å². The van der Waals surface area contributed by atoms with Gasteiger partial charge in [0, 0.05) is 19.8 Å². The van der Waals surface area contributed by atoms with Gasteiger partial charge in [-0.3, -0.25) is 0 Å². The number of rotatable bonds is 12. The minimum atomic E-state index is -1.40. The summed E-state index contributed by atoms with van der Waals surface area (Å²) in [6, 6.07) is 0.